The molecule has 14 nitrogen and oxygen atoms in total. The zero-order chi connectivity index (χ0) is 36.9. The van der Waals surface area contributed by atoms with Crippen LogP contribution < -0.4 is 15.8 Å². The molecule has 0 saturated carbocycles. The fraction of sp³-hybridized carbons (Fsp3) is 0.242. The summed E-state index contributed by atoms with van der Waals surface area (Å²) in [6, 6.07) is 9.27. The van der Waals surface area contributed by atoms with Crippen molar-refractivity contribution in [3.05, 3.63) is 98.4 Å². The Hall–Kier alpha value is -5.68. The van der Waals surface area contributed by atoms with Gasteiger partial charge in [0, 0.05) is 50.3 Å². The summed E-state index contributed by atoms with van der Waals surface area (Å²) in [5.74, 6) is -1.35. The number of rotatable bonds is 7. The number of carbonyl (C=O) groups excluding carboxylic acids is 2. The molecule has 1 aliphatic rings. The minimum absolute atomic E-state index is 0.0135. The largest absolute Gasteiger partial charge is 0.504 e. The van der Waals surface area contributed by atoms with Crippen LogP contribution in [0.15, 0.2) is 65.8 Å². The molecule has 5 aromatic heterocycles. The number of hydrogen-bond acceptors (Lipinski definition) is 9. The van der Waals surface area contributed by atoms with Crippen LogP contribution in [0.2, 0.25) is 10.0 Å². The van der Waals surface area contributed by atoms with E-state index < -0.39 is 41.4 Å². The third kappa shape index (κ3) is 6.36. The molecule has 2 N–H and O–H groups in total. The number of carbonyl (C=O) groups is 2. The first-order chi connectivity index (χ1) is 24.8. The van der Waals surface area contributed by atoms with Crippen LogP contribution in [-0.4, -0.2) is 81.8 Å². The molecule has 52 heavy (non-hydrogen) atoms. The Morgan fingerprint density at radius 2 is 1.77 bits per heavy atom. The van der Waals surface area contributed by atoms with Gasteiger partial charge in [-0.2, -0.15) is 27.8 Å². The van der Waals surface area contributed by atoms with Crippen LogP contribution in [0, 0.1) is 0 Å². The average molecular weight is 756 g/mol. The van der Waals surface area contributed by atoms with Gasteiger partial charge in [-0.15, -0.1) is 5.10 Å². The Morgan fingerprint density at radius 1 is 1.00 bits per heavy atom. The lowest BCUT2D eigenvalue weighted by atomic mass is 10.2. The number of aromatic hydroxyl groups is 1. The molecule has 2 amide bonds. The molecule has 19 heteroatoms. The smallest absolute Gasteiger partial charge is 0.416 e. The number of nitrogens with zero attached hydrogens (tertiary/aromatic N) is 9. The first kappa shape index (κ1) is 34.8. The monoisotopic (exact) mass is 754 g/mol. The lowest BCUT2D eigenvalue weighted by Crippen LogP contribution is -2.51. The van der Waals surface area contributed by atoms with Gasteiger partial charge in [0.1, 0.15) is 12.2 Å². The minimum Gasteiger partial charge on any atom is -0.504 e. The summed E-state index contributed by atoms with van der Waals surface area (Å²) >= 11 is 12.1. The van der Waals surface area contributed by atoms with E-state index in [1.165, 1.54) is 21.7 Å². The van der Waals surface area contributed by atoms with Crippen molar-refractivity contribution in [2.45, 2.75) is 26.1 Å². The third-order valence-corrected chi connectivity index (χ3v) is 9.27. The molecule has 1 fully saturated rings. The van der Waals surface area contributed by atoms with Crippen LogP contribution in [0.4, 0.5) is 24.5 Å². The highest BCUT2D eigenvalue weighted by atomic mass is 35.5. The van der Waals surface area contributed by atoms with E-state index >= 15 is 0 Å². The minimum atomic E-state index is -4.62. The Balaban J connectivity index is 1.26. The van der Waals surface area contributed by atoms with E-state index in [4.69, 9.17) is 23.2 Å². The quantitative estimate of drug-likeness (QED) is 0.234. The summed E-state index contributed by atoms with van der Waals surface area (Å²) in [5.41, 5.74) is 0.292. The van der Waals surface area contributed by atoms with Crippen molar-refractivity contribution in [1.29, 1.82) is 0 Å². The lowest BCUT2D eigenvalue weighted by molar-refractivity contribution is -0.137. The van der Waals surface area contributed by atoms with Crippen LogP contribution in [0.5, 0.6) is 5.75 Å². The van der Waals surface area contributed by atoms with Crippen molar-refractivity contribution in [3.63, 3.8) is 0 Å². The van der Waals surface area contributed by atoms with E-state index in [2.05, 4.69) is 25.5 Å². The van der Waals surface area contributed by atoms with E-state index in [0.29, 0.717) is 11.3 Å². The van der Waals surface area contributed by atoms with Gasteiger partial charge in [-0.25, -0.2) is 9.50 Å². The molecule has 0 atom stereocenters. The zero-order valence-electron chi connectivity index (χ0n) is 27.1. The van der Waals surface area contributed by atoms with Crippen molar-refractivity contribution in [2.75, 3.05) is 36.4 Å². The number of halogens is 5. The summed E-state index contributed by atoms with van der Waals surface area (Å²) in [5, 5.41) is 21.3. The van der Waals surface area contributed by atoms with Gasteiger partial charge >= 0.3 is 6.18 Å². The second kappa shape index (κ2) is 13.5. The van der Waals surface area contributed by atoms with Gasteiger partial charge < -0.3 is 24.8 Å². The maximum Gasteiger partial charge on any atom is 0.416 e. The highest BCUT2D eigenvalue weighted by Crippen LogP contribution is 2.34. The van der Waals surface area contributed by atoms with Crippen molar-refractivity contribution in [2.24, 2.45) is 0 Å². The summed E-state index contributed by atoms with van der Waals surface area (Å²) in [4.78, 5) is 53.0. The first-order valence-electron chi connectivity index (χ1n) is 15.8. The van der Waals surface area contributed by atoms with Crippen LogP contribution in [0.3, 0.4) is 0 Å². The molecular weight excluding hydrogens is 728 g/mol. The Morgan fingerprint density at radius 3 is 2.48 bits per heavy atom. The zero-order valence-corrected chi connectivity index (χ0v) is 28.6. The van der Waals surface area contributed by atoms with Crippen LogP contribution in [0.25, 0.3) is 22.7 Å². The van der Waals surface area contributed by atoms with E-state index in [0.717, 1.165) is 28.2 Å². The Kier molecular flexibility index (Phi) is 9.00. The van der Waals surface area contributed by atoms with Crippen LogP contribution >= 0.6 is 23.2 Å². The number of amides is 2. The predicted molar refractivity (Wildman–Crippen MR) is 185 cm³/mol. The maximum absolute atomic E-state index is 14.3. The number of pyridine rings is 2. The van der Waals surface area contributed by atoms with Crippen LogP contribution in [-0.2, 0) is 23.9 Å². The predicted octanol–water partition coefficient (Wildman–Crippen LogP) is 4.80. The molecular formula is C33H27Cl2F3N10O4. The molecule has 1 aromatic carbocycles. The number of fused-ring (bicyclic) bond motifs is 2. The fourth-order valence-electron chi connectivity index (χ4n) is 6.11. The molecule has 1 saturated heterocycles. The molecule has 0 radical (unpaired) electrons. The second-order valence-corrected chi connectivity index (χ2v) is 12.6. The number of alkyl halides is 3. The van der Waals surface area contributed by atoms with E-state index in [-0.39, 0.29) is 71.3 Å². The van der Waals surface area contributed by atoms with Gasteiger partial charge in [0.25, 0.3) is 11.5 Å². The molecule has 0 unspecified atom stereocenters. The van der Waals surface area contributed by atoms with Crippen molar-refractivity contribution in [3.8, 4) is 17.1 Å². The Bertz CT molecular complexity index is 2440. The SMILES string of the molecule is CCc1c(N2CCN(C(=O)c3nccc(Cl)c3O)CC2)c(=O)n2nc(-c3ccn4nccc4c3)nc2n1CC(=O)Nc1ccc(C(F)(F)F)cc1Cl. The summed E-state index contributed by atoms with van der Waals surface area (Å²) < 4.78 is 44.0. The van der Waals surface area contributed by atoms with E-state index in [9.17, 15) is 32.7 Å². The number of benzene rings is 1. The molecule has 7 rings (SSSR count). The van der Waals surface area contributed by atoms with Gasteiger partial charge in [0.05, 0.1) is 32.5 Å². The normalized spacial score (nSPS) is 13.7. The summed E-state index contributed by atoms with van der Waals surface area (Å²) in [6.45, 7) is 2.12. The van der Waals surface area contributed by atoms with Gasteiger partial charge in [0.15, 0.2) is 17.3 Å². The standard InChI is InChI=1S/C33H27Cl2F3N10O4/c1-2-24-27(44-11-13-45(14-12-44)30(51)26-28(50)21(34)6-8-39-26)31(52)48-32(42-29(43-48)18-7-10-47-20(15-18)5-9-40-47)46(24)17-25(49)41-23-4-3-19(16-22(23)35)33(36,37)38/h3-10,15-16,50H,2,11-14,17H2,1H3,(H,41,49). The van der Waals surface area contributed by atoms with Crippen molar-refractivity contribution < 1.29 is 27.9 Å². The topological polar surface area (TPSA) is 155 Å². The number of nitrogens with one attached hydrogen (secondary N) is 1. The third-order valence-electron chi connectivity index (χ3n) is 8.65. The van der Waals surface area contributed by atoms with E-state index in [1.807, 2.05) is 0 Å². The average Bonchev–Trinajstić information content (AvgIpc) is 3.79. The molecule has 6 heterocycles. The molecule has 0 spiro atoms. The number of anilines is 2. The van der Waals surface area contributed by atoms with Crippen molar-refractivity contribution in [1.82, 2.24) is 38.7 Å². The van der Waals surface area contributed by atoms with Crippen LogP contribution in [0.1, 0.15) is 28.7 Å². The van der Waals surface area contributed by atoms with Gasteiger partial charge in [-0.3, -0.25) is 14.4 Å². The molecule has 1 aliphatic heterocycles. The summed E-state index contributed by atoms with van der Waals surface area (Å²) in [7, 11) is 0. The number of piperazine rings is 1. The van der Waals surface area contributed by atoms with Gasteiger partial charge in [-0.05, 0) is 48.9 Å². The highest BCUT2D eigenvalue weighted by molar-refractivity contribution is 6.33. The molecule has 268 valence electrons. The maximum atomic E-state index is 14.3. The molecule has 0 aliphatic carbocycles. The van der Waals surface area contributed by atoms with Crippen molar-refractivity contribution >= 4 is 57.7 Å². The summed E-state index contributed by atoms with van der Waals surface area (Å²) in [6.07, 6.45) is 0.299. The molecule has 6 aromatic rings. The highest BCUT2D eigenvalue weighted by Gasteiger charge is 2.32. The van der Waals surface area contributed by atoms with Gasteiger partial charge in [-0.1, -0.05) is 30.1 Å². The number of hydrogen-bond donors (Lipinski definition) is 2. The Labute approximate surface area is 301 Å². The van der Waals surface area contributed by atoms with Gasteiger partial charge in [0.2, 0.25) is 11.7 Å². The second-order valence-electron chi connectivity index (χ2n) is 11.8. The van der Waals surface area contributed by atoms with E-state index in [1.54, 1.807) is 46.9 Å². The first-order valence-corrected chi connectivity index (χ1v) is 16.6. The fourth-order valence-corrected chi connectivity index (χ4v) is 6.48. The lowest BCUT2D eigenvalue weighted by Gasteiger charge is -2.36. The molecule has 0 bridgehead atoms. The number of aromatic nitrogens is 7.